The van der Waals surface area contributed by atoms with Gasteiger partial charge in [0.15, 0.2) is 0 Å². The summed E-state index contributed by atoms with van der Waals surface area (Å²) < 4.78 is 2.08. The van der Waals surface area contributed by atoms with Crippen molar-refractivity contribution in [3.8, 4) is 0 Å². The van der Waals surface area contributed by atoms with E-state index in [0.717, 1.165) is 49.2 Å². The number of hydrogen-bond acceptors (Lipinski definition) is 3. The van der Waals surface area contributed by atoms with Crippen LogP contribution in [0.25, 0.3) is 0 Å². The Balaban J connectivity index is 1.93. The van der Waals surface area contributed by atoms with Crippen LogP contribution in [-0.2, 0) is 19.5 Å². The molecule has 2 heterocycles. The molecule has 0 amide bonds. The summed E-state index contributed by atoms with van der Waals surface area (Å²) in [5, 5.41) is 8.97. The molecule has 0 aliphatic carbocycles. The minimum absolute atomic E-state index is 0.832. The molecule has 1 aromatic rings. The summed E-state index contributed by atoms with van der Waals surface area (Å²) in [7, 11) is 0. The highest BCUT2D eigenvalue weighted by Crippen LogP contribution is 2.25. The molecule has 0 radical (unpaired) electrons. The number of hydrogen-bond donors (Lipinski definition) is 1. The first-order valence-electron chi connectivity index (χ1n) is 8.36. The second-order valence-electron chi connectivity index (χ2n) is 5.90. The third-order valence-corrected chi connectivity index (χ3v) is 4.89. The Bertz CT molecular complexity index is 436. The molecule has 21 heavy (non-hydrogen) atoms. The summed E-state index contributed by atoms with van der Waals surface area (Å²) in [4.78, 5) is 2.52. The van der Waals surface area contributed by atoms with Gasteiger partial charge in [0.05, 0.1) is 16.4 Å². The topological polar surface area (TPSA) is 33.1 Å². The van der Waals surface area contributed by atoms with Gasteiger partial charge in [0, 0.05) is 13.1 Å². The van der Waals surface area contributed by atoms with Crippen molar-refractivity contribution in [2.75, 3.05) is 26.2 Å². The van der Waals surface area contributed by atoms with E-state index in [2.05, 4.69) is 40.8 Å². The van der Waals surface area contributed by atoms with Gasteiger partial charge in [0.1, 0.15) is 0 Å². The largest absolute Gasteiger partial charge is 0.317 e. The van der Waals surface area contributed by atoms with Gasteiger partial charge < -0.3 is 5.32 Å². The number of nitrogens with zero attached hydrogens (tertiary/aromatic N) is 3. The molecule has 1 aliphatic rings. The maximum Gasteiger partial charge on any atom is 0.0863 e. The lowest BCUT2D eigenvalue weighted by molar-refractivity contribution is 0.172. The highest BCUT2D eigenvalue weighted by molar-refractivity contribution is 6.31. The Morgan fingerprint density at radius 3 is 2.52 bits per heavy atom. The molecule has 0 unspecified atom stereocenters. The SMILES string of the molecule is CCNCC1CCN(Cc2c(Cl)c(CC)nn2CC)CC1. The van der Waals surface area contributed by atoms with Crippen molar-refractivity contribution in [2.45, 2.75) is 53.1 Å². The maximum atomic E-state index is 6.50. The fourth-order valence-corrected chi connectivity index (χ4v) is 3.41. The molecule has 1 saturated heterocycles. The number of nitrogens with one attached hydrogen (secondary N) is 1. The standard InChI is InChI=1S/C16H29ClN4/c1-4-14-16(17)15(21(6-3)19-14)12-20-9-7-13(8-10-20)11-18-5-2/h13,18H,4-12H2,1-3H3. The molecule has 1 aromatic heterocycles. The lowest BCUT2D eigenvalue weighted by Crippen LogP contribution is -2.37. The molecular weight excluding hydrogens is 284 g/mol. The van der Waals surface area contributed by atoms with E-state index in [1.54, 1.807) is 0 Å². The number of halogens is 1. The molecule has 1 aliphatic heterocycles. The Labute approximate surface area is 133 Å². The zero-order valence-electron chi connectivity index (χ0n) is 13.7. The Kier molecular flexibility index (Phi) is 6.52. The van der Waals surface area contributed by atoms with Crippen LogP contribution in [0.5, 0.6) is 0 Å². The molecular formula is C16H29ClN4. The van der Waals surface area contributed by atoms with E-state index in [9.17, 15) is 0 Å². The molecule has 1 N–H and O–H groups in total. The van der Waals surface area contributed by atoms with Crippen molar-refractivity contribution in [3.63, 3.8) is 0 Å². The minimum atomic E-state index is 0.832. The smallest absolute Gasteiger partial charge is 0.0863 e. The quantitative estimate of drug-likeness (QED) is 0.840. The van der Waals surface area contributed by atoms with Gasteiger partial charge in [-0.2, -0.15) is 5.10 Å². The Morgan fingerprint density at radius 2 is 1.95 bits per heavy atom. The normalized spacial score (nSPS) is 17.5. The van der Waals surface area contributed by atoms with Crippen LogP contribution in [-0.4, -0.2) is 40.9 Å². The van der Waals surface area contributed by atoms with Gasteiger partial charge in [-0.15, -0.1) is 0 Å². The molecule has 0 bridgehead atoms. The van der Waals surface area contributed by atoms with E-state index in [1.807, 2.05) is 0 Å². The molecule has 0 spiro atoms. The molecule has 0 aromatic carbocycles. The van der Waals surface area contributed by atoms with E-state index in [-0.39, 0.29) is 0 Å². The van der Waals surface area contributed by atoms with Crippen molar-refractivity contribution in [2.24, 2.45) is 5.92 Å². The highest BCUT2D eigenvalue weighted by atomic mass is 35.5. The average molecular weight is 313 g/mol. The average Bonchev–Trinajstić information content (AvgIpc) is 2.82. The molecule has 0 saturated carbocycles. The van der Waals surface area contributed by atoms with Gasteiger partial charge in [0.2, 0.25) is 0 Å². The molecule has 2 rings (SSSR count). The molecule has 120 valence electrons. The van der Waals surface area contributed by atoms with Gasteiger partial charge in [-0.05, 0) is 58.3 Å². The van der Waals surface area contributed by atoms with Crippen molar-refractivity contribution < 1.29 is 0 Å². The van der Waals surface area contributed by atoms with Crippen LogP contribution in [0.15, 0.2) is 0 Å². The van der Waals surface area contributed by atoms with Gasteiger partial charge in [-0.3, -0.25) is 9.58 Å². The Hall–Kier alpha value is -0.580. The molecule has 5 heteroatoms. The van der Waals surface area contributed by atoms with Crippen molar-refractivity contribution in [1.82, 2.24) is 20.0 Å². The van der Waals surface area contributed by atoms with Crippen molar-refractivity contribution >= 4 is 11.6 Å². The molecule has 0 atom stereocenters. The summed E-state index contributed by atoms with van der Waals surface area (Å²) in [5.41, 5.74) is 2.23. The number of likely N-dealkylation sites (tertiary alicyclic amines) is 1. The lowest BCUT2D eigenvalue weighted by Gasteiger charge is -2.32. The highest BCUT2D eigenvalue weighted by Gasteiger charge is 2.22. The fourth-order valence-electron chi connectivity index (χ4n) is 3.08. The van der Waals surface area contributed by atoms with Crippen LogP contribution < -0.4 is 5.32 Å². The zero-order chi connectivity index (χ0) is 15.2. The monoisotopic (exact) mass is 312 g/mol. The summed E-state index contributed by atoms with van der Waals surface area (Å²) in [6.07, 6.45) is 3.47. The zero-order valence-corrected chi connectivity index (χ0v) is 14.4. The summed E-state index contributed by atoms with van der Waals surface area (Å²) in [5.74, 6) is 0.832. The van der Waals surface area contributed by atoms with Crippen molar-refractivity contribution in [3.05, 3.63) is 16.4 Å². The molecule has 1 fully saturated rings. The van der Waals surface area contributed by atoms with Crippen LogP contribution >= 0.6 is 11.6 Å². The Morgan fingerprint density at radius 1 is 1.24 bits per heavy atom. The number of aromatic nitrogens is 2. The maximum absolute atomic E-state index is 6.50. The van der Waals surface area contributed by atoms with Gasteiger partial charge >= 0.3 is 0 Å². The fraction of sp³-hybridized carbons (Fsp3) is 0.812. The number of rotatable bonds is 7. The number of aryl methyl sites for hydroxylation is 2. The predicted molar refractivity (Wildman–Crippen MR) is 88.8 cm³/mol. The lowest BCUT2D eigenvalue weighted by atomic mass is 9.96. The van der Waals surface area contributed by atoms with Gasteiger partial charge in [-0.1, -0.05) is 25.4 Å². The first-order valence-corrected chi connectivity index (χ1v) is 8.74. The van der Waals surface area contributed by atoms with E-state index in [1.165, 1.54) is 31.6 Å². The summed E-state index contributed by atoms with van der Waals surface area (Å²) >= 11 is 6.50. The minimum Gasteiger partial charge on any atom is -0.317 e. The third-order valence-electron chi connectivity index (χ3n) is 4.46. The second-order valence-corrected chi connectivity index (χ2v) is 6.28. The second kappa shape index (κ2) is 8.16. The van der Waals surface area contributed by atoms with Crippen LogP contribution in [0, 0.1) is 5.92 Å². The van der Waals surface area contributed by atoms with E-state index >= 15 is 0 Å². The van der Waals surface area contributed by atoms with Crippen LogP contribution in [0.2, 0.25) is 5.02 Å². The van der Waals surface area contributed by atoms with Crippen molar-refractivity contribution in [1.29, 1.82) is 0 Å². The van der Waals surface area contributed by atoms with Gasteiger partial charge in [0.25, 0.3) is 0 Å². The first kappa shape index (κ1) is 16.8. The van der Waals surface area contributed by atoms with E-state index < -0.39 is 0 Å². The van der Waals surface area contributed by atoms with E-state index in [0.29, 0.717) is 0 Å². The van der Waals surface area contributed by atoms with Crippen LogP contribution in [0.4, 0.5) is 0 Å². The van der Waals surface area contributed by atoms with Crippen LogP contribution in [0.1, 0.15) is 45.0 Å². The summed E-state index contributed by atoms with van der Waals surface area (Å²) in [6, 6.07) is 0. The molecule has 4 nitrogen and oxygen atoms in total. The van der Waals surface area contributed by atoms with E-state index in [4.69, 9.17) is 11.6 Å². The number of piperidine rings is 1. The van der Waals surface area contributed by atoms with Gasteiger partial charge in [-0.25, -0.2) is 0 Å². The third kappa shape index (κ3) is 4.21. The van der Waals surface area contributed by atoms with Crippen LogP contribution in [0.3, 0.4) is 0 Å². The summed E-state index contributed by atoms with van der Waals surface area (Å²) in [6.45, 7) is 12.8. The first-order chi connectivity index (χ1) is 10.2. The predicted octanol–water partition coefficient (Wildman–Crippen LogP) is 2.94.